The van der Waals surface area contributed by atoms with Crippen LogP contribution in [-0.4, -0.2) is 32.2 Å². The van der Waals surface area contributed by atoms with Gasteiger partial charge in [-0.2, -0.15) is 8.78 Å². The van der Waals surface area contributed by atoms with E-state index in [-0.39, 0.29) is 31.1 Å². The lowest BCUT2D eigenvalue weighted by Gasteiger charge is -2.12. The number of carbonyl (C=O) groups is 2. The number of ether oxygens (including phenoxy) is 3. The van der Waals surface area contributed by atoms with Crippen molar-refractivity contribution in [3.8, 4) is 11.5 Å². The lowest BCUT2D eigenvalue weighted by Crippen LogP contribution is -2.28. The molecule has 0 aliphatic rings. The van der Waals surface area contributed by atoms with Crippen molar-refractivity contribution in [1.29, 1.82) is 0 Å². The van der Waals surface area contributed by atoms with Crippen LogP contribution < -0.4 is 14.8 Å². The molecule has 2 aromatic rings. The maximum Gasteiger partial charge on any atom is 0.387 e. The molecule has 0 radical (unpaired) electrons. The van der Waals surface area contributed by atoms with Crippen molar-refractivity contribution < 1.29 is 32.6 Å². The Morgan fingerprint density at radius 3 is 2.70 bits per heavy atom. The minimum atomic E-state index is -2.96. The SMILES string of the molecule is COc1cc(CNC(=O)COC(=O)CCc2cccs2)ccc1OC(F)F. The molecule has 6 nitrogen and oxygen atoms in total. The van der Waals surface area contributed by atoms with Gasteiger partial charge in [0.1, 0.15) is 0 Å². The summed E-state index contributed by atoms with van der Waals surface area (Å²) in [7, 11) is 1.33. The molecule has 1 amide bonds. The molecule has 0 bridgehead atoms. The van der Waals surface area contributed by atoms with Gasteiger partial charge in [0, 0.05) is 11.4 Å². The van der Waals surface area contributed by atoms with Crippen LogP contribution in [0.2, 0.25) is 0 Å². The fraction of sp³-hybridized carbons (Fsp3) is 0.333. The van der Waals surface area contributed by atoms with Gasteiger partial charge in [-0.05, 0) is 35.6 Å². The standard InChI is InChI=1S/C18H19F2NO5S/c1-24-15-9-12(4-6-14(15)26-18(19)20)10-21-16(22)11-25-17(23)7-5-13-3-2-8-27-13/h2-4,6,8-9,18H,5,7,10-11H2,1H3,(H,21,22). The van der Waals surface area contributed by atoms with Gasteiger partial charge >= 0.3 is 12.6 Å². The lowest BCUT2D eigenvalue weighted by atomic mass is 10.2. The number of hydrogen-bond donors (Lipinski definition) is 1. The van der Waals surface area contributed by atoms with Crippen molar-refractivity contribution in [2.45, 2.75) is 26.0 Å². The average Bonchev–Trinajstić information content (AvgIpc) is 3.17. The predicted molar refractivity (Wildman–Crippen MR) is 95.1 cm³/mol. The number of aryl methyl sites for hydroxylation is 1. The lowest BCUT2D eigenvalue weighted by molar-refractivity contribution is -0.148. The molecule has 0 saturated carbocycles. The highest BCUT2D eigenvalue weighted by molar-refractivity contribution is 7.09. The summed E-state index contributed by atoms with van der Waals surface area (Å²) < 4.78 is 38.8. The van der Waals surface area contributed by atoms with Crippen LogP contribution in [0.25, 0.3) is 0 Å². The van der Waals surface area contributed by atoms with Crippen molar-refractivity contribution in [2.75, 3.05) is 13.7 Å². The first-order chi connectivity index (χ1) is 13.0. The number of thiophene rings is 1. The monoisotopic (exact) mass is 399 g/mol. The summed E-state index contributed by atoms with van der Waals surface area (Å²) in [5, 5.41) is 4.50. The summed E-state index contributed by atoms with van der Waals surface area (Å²) in [5.41, 5.74) is 0.617. The second-order valence-corrected chi connectivity index (χ2v) is 6.41. The molecule has 2 rings (SSSR count). The fourth-order valence-electron chi connectivity index (χ4n) is 2.17. The fourth-order valence-corrected chi connectivity index (χ4v) is 2.87. The summed E-state index contributed by atoms with van der Waals surface area (Å²) in [6.07, 6.45) is 0.779. The third kappa shape index (κ3) is 7.22. The zero-order chi connectivity index (χ0) is 19.6. The number of carbonyl (C=O) groups excluding carboxylic acids is 2. The Morgan fingerprint density at radius 1 is 1.22 bits per heavy atom. The molecule has 1 heterocycles. The van der Waals surface area contributed by atoms with E-state index >= 15 is 0 Å². The second kappa shape index (κ2) is 10.5. The van der Waals surface area contributed by atoms with E-state index < -0.39 is 18.5 Å². The van der Waals surface area contributed by atoms with Crippen molar-refractivity contribution in [3.63, 3.8) is 0 Å². The highest BCUT2D eigenvalue weighted by atomic mass is 32.1. The van der Waals surface area contributed by atoms with Crippen molar-refractivity contribution in [3.05, 3.63) is 46.2 Å². The average molecular weight is 399 g/mol. The Hall–Kier alpha value is -2.68. The first-order valence-corrected chi connectivity index (χ1v) is 8.92. The summed E-state index contributed by atoms with van der Waals surface area (Å²) in [6, 6.07) is 8.16. The van der Waals surface area contributed by atoms with E-state index in [1.807, 2.05) is 17.5 Å². The van der Waals surface area contributed by atoms with Gasteiger partial charge in [-0.1, -0.05) is 12.1 Å². The molecule has 1 aromatic heterocycles. The van der Waals surface area contributed by atoms with Crippen LogP contribution in [0.15, 0.2) is 35.7 Å². The van der Waals surface area contributed by atoms with E-state index in [1.165, 1.54) is 25.3 Å². The van der Waals surface area contributed by atoms with Crippen molar-refractivity contribution in [1.82, 2.24) is 5.32 Å². The van der Waals surface area contributed by atoms with Crippen LogP contribution in [0, 0.1) is 0 Å². The Kier molecular flexibility index (Phi) is 8.00. The number of benzene rings is 1. The topological polar surface area (TPSA) is 73.9 Å². The summed E-state index contributed by atoms with van der Waals surface area (Å²) in [5.74, 6) is -0.885. The second-order valence-electron chi connectivity index (χ2n) is 5.38. The number of alkyl halides is 2. The molecule has 27 heavy (non-hydrogen) atoms. The molecule has 0 atom stereocenters. The summed E-state index contributed by atoms with van der Waals surface area (Å²) >= 11 is 1.55. The van der Waals surface area contributed by atoms with Crippen molar-refractivity contribution in [2.24, 2.45) is 0 Å². The normalized spacial score (nSPS) is 10.5. The van der Waals surface area contributed by atoms with Gasteiger partial charge < -0.3 is 19.5 Å². The minimum Gasteiger partial charge on any atom is -0.493 e. The molecular weight excluding hydrogens is 380 g/mol. The molecule has 0 spiro atoms. The molecule has 146 valence electrons. The number of halogens is 2. The van der Waals surface area contributed by atoms with E-state index in [0.717, 1.165) is 4.88 Å². The van der Waals surface area contributed by atoms with E-state index in [1.54, 1.807) is 11.3 Å². The molecular formula is C18H19F2NO5S. The summed E-state index contributed by atoms with van der Waals surface area (Å²) in [6.45, 7) is -3.22. The number of methoxy groups -OCH3 is 1. The number of amides is 1. The van der Waals surface area contributed by atoms with Gasteiger partial charge in [0.2, 0.25) is 0 Å². The highest BCUT2D eigenvalue weighted by Gasteiger charge is 2.12. The molecule has 0 fully saturated rings. The minimum absolute atomic E-state index is 0.0951. The molecule has 1 N–H and O–H groups in total. The molecule has 0 aliphatic carbocycles. The zero-order valence-electron chi connectivity index (χ0n) is 14.6. The molecule has 9 heteroatoms. The third-order valence-corrected chi connectivity index (χ3v) is 4.39. The number of hydrogen-bond acceptors (Lipinski definition) is 6. The molecule has 1 aromatic carbocycles. The van der Waals surface area contributed by atoms with E-state index in [0.29, 0.717) is 12.0 Å². The molecule has 0 saturated heterocycles. The van der Waals surface area contributed by atoms with Crippen LogP contribution in [-0.2, 0) is 27.3 Å². The predicted octanol–water partition coefficient (Wildman–Crippen LogP) is 3.15. The maximum absolute atomic E-state index is 12.3. The van der Waals surface area contributed by atoms with Crippen molar-refractivity contribution >= 4 is 23.2 Å². The first-order valence-electron chi connectivity index (χ1n) is 8.04. The van der Waals surface area contributed by atoms with Crippen LogP contribution in [0.5, 0.6) is 11.5 Å². The van der Waals surface area contributed by atoms with E-state index in [4.69, 9.17) is 9.47 Å². The van der Waals surface area contributed by atoms with Gasteiger partial charge in [0.15, 0.2) is 18.1 Å². The Bertz CT molecular complexity index is 752. The van der Waals surface area contributed by atoms with Gasteiger partial charge in [0.05, 0.1) is 13.5 Å². The van der Waals surface area contributed by atoms with Crippen LogP contribution in [0.4, 0.5) is 8.78 Å². The largest absolute Gasteiger partial charge is 0.493 e. The Labute approximate surface area is 159 Å². The Balaban J connectivity index is 1.73. The zero-order valence-corrected chi connectivity index (χ0v) is 15.4. The van der Waals surface area contributed by atoms with Gasteiger partial charge in [-0.3, -0.25) is 9.59 Å². The smallest absolute Gasteiger partial charge is 0.387 e. The molecule has 0 aliphatic heterocycles. The quantitative estimate of drug-likeness (QED) is 0.622. The number of rotatable bonds is 10. The van der Waals surface area contributed by atoms with E-state index in [2.05, 4.69) is 10.1 Å². The van der Waals surface area contributed by atoms with Crippen LogP contribution in [0.3, 0.4) is 0 Å². The number of nitrogens with one attached hydrogen (secondary N) is 1. The number of esters is 1. The van der Waals surface area contributed by atoms with Gasteiger partial charge in [-0.15, -0.1) is 11.3 Å². The third-order valence-electron chi connectivity index (χ3n) is 3.45. The first kappa shape index (κ1) is 20.6. The maximum atomic E-state index is 12.3. The van der Waals surface area contributed by atoms with E-state index in [9.17, 15) is 18.4 Å². The van der Waals surface area contributed by atoms with Gasteiger partial charge in [-0.25, -0.2) is 0 Å². The van der Waals surface area contributed by atoms with Crippen LogP contribution in [0.1, 0.15) is 16.9 Å². The van der Waals surface area contributed by atoms with Crippen LogP contribution >= 0.6 is 11.3 Å². The Morgan fingerprint density at radius 2 is 2.04 bits per heavy atom. The molecule has 0 unspecified atom stereocenters. The highest BCUT2D eigenvalue weighted by Crippen LogP contribution is 2.29. The summed E-state index contributed by atoms with van der Waals surface area (Å²) in [4.78, 5) is 24.5. The van der Waals surface area contributed by atoms with Gasteiger partial charge in [0.25, 0.3) is 5.91 Å².